The Labute approximate surface area is 98.9 Å². The van der Waals surface area contributed by atoms with Gasteiger partial charge in [-0.25, -0.2) is 4.59 Å². The van der Waals surface area contributed by atoms with E-state index in [-0.39, 0.29) is 16.4 Å². The number of piperidine rings is 1. The van der Waals surface area contributed by atoms with Gasteiger partial charge in [0.15, 0.2) is 0 Å². The number of hydrogen-bond acceptors (Lipinski definition) is 3. The van der Waals surface area contributed by atoms with E-state index in [1.54, 1.807) is 0 Å². The minimum absolute atomic E-state index is 0.0453. The SMILES string of the molecule is C[N+]1(n2c(O)ccc2O)CCCC(C(=O)O)C1. The average Bonchev–Trinajstić information content (AvgIpc) is 2.59. The van der Waals surface area contributed by atoms with Gasteiger partial charge in [0.1, 0.15) is 19.0 Å². The number of carboxylic acid groups (broad SMARTS) is 1. The minimum Gasteiger partial charge on any atom is -0.491 e. The highest BCUT2D eigenvalue weighted by Crippen LogP contribution is 2.29. The Morgan fingerprint density at radius 2 is 2.00 bits per heavy atom. The van der Waals surface area contributed by atoms with Crippen LogP contribution >= 0.6 is 0 Å². The van der Waals surface area contributed by atoms with Crippen LogP contribution in [0.25, 0.3) is 0 Å². The molecule has 0 radical (unpaired) electrons. The number of aromatic hydroxyl groups is 2. The fourth-order valence-electron chi connectivity index (χ4n) is 2.62. The largest absolute Gasteiger partial charge is 0.491 e. The van der Waals surface area contributed by atoms with Gasteiger partial charge in [-0.15, -0.1) is 4.68 Å². The molecular formula is C11H17N2O4+. The minimum atomic E-state index is -0.819. The summed E-state index contributed by atoms with van der Waals surface area (Å²) >= 11 is 0. The summed E-state index contributed by atoms with van der Waals surface area (Å²) in [7, 11) is 1.81. The zero-order valence-corrected chi connectivity index (χ0v) is 9.70. The van der Waals surface area contributed by atoms with Gasteiger partial charge in [0.25, 0.3) is 0 Å². The Hall–Kier alpha value is -1.69. The Morgan fingerprint density at radius 1 is 1.41 bits per heavy atom. The van der Waals surface area contributed by atoms with Crippen molar-refractivity contribution in [1.82, 2.24) is 9.27 Å². The number of carboxylic acids is 1. The van der Waals surface area contributed by atoms with Crippen molar-refractivity contribution in [2.45, 2.75) is 12.8 Å². The van der Waals surface area contributed by atoms with Crippen LogP contribution in [0.15, 0.2) is 12.1 Å². The second-order valence-electron chi connectivity index (χ2n) is 4.78. The van der Waals surface area contributed by atoms with E-state index in [9.17, 15) is 15.0 Å². The van der Waals surface area contributed by atoms with Crippen molar-refractivity contribution in [2.75, 3.05) is 20.1 Å². The third-order valence-corrected chi connectivity index (χ3v) is 3.45. The van der Waals surface area contributed by atoms with E-state index in [1.165, 1.54) is 16.8 Å². The smallest absolute Gasteiger partial charge is 0.312 e. The predicted molar refractivity (Wildman–Crippen MR) is 61.3 cm³/mol. The molecule has 1 saturated heterocycles. The molecule has 2 heterocycles. The normalized spacial score (nSPS) is 29.1. The molecule has 2 atom stereocenters. The van der Waals surface area contributed by atoms with Crippen molar-refractivity contribution in [3.63, 3.8) is 0 Å². The number of hydrogen-bond donors (Lipinski definition) is 3. The summed E-state index contributed by atoms with van der Waals surface area (Å²) in [6.45, 7) is 1.06. The Morgan fingerprint density at radius 3 is 2.53 bits per heavy atom. The van der Waals surface area contributed by atoms with Gasteiger partial charge in [0.05, 0.1) is 7.05 Å². The fourth-order valence-corrected chi connectivity index (χ4v) is 2.62. The van der Waals surface area contributed by atoms with Crippen molar-refractivity contribution in [2.24, 2.45) is 5.92 Å². The van der Waals surface area contributed by atoms with Crippen LogP contribution in [0.1, 0.15) is 12.8 Å². The maximum Gasteiger partial charge on any atom is 0.312 e. The Bertz CT molecular complexity index is 423. The van der Waals surface area contributed by atoms with Gasteiger partial charge in [0.2, 0.25) is 11.8 Å². The van der Waals surface area contributed by atoms with Crippen LogP contribution in [-0.4, -0.2) is 46.1 Å². The molecule has 6 nitrogen and oxygen atoms in total. The molecule has 0 saturated carbocycles. The summed E-state index contributed by atoms with van der Waals surface area (Å²) in [6, 6.07) is 2.81. The van der Waals surface area contributed by atoms with Crippen molar-refractivity contribution in [3.05, 3.63) is 12.1 Å². The number of nitrogens with zero attached hydrogens (tertiary/aromatic N) is 2. The number of aromatic nitrogens is 1. The number of likely N-dealkylation sites (tertiary alicyclic amines) is 1. The molecule has 0 aliphatic carbocycles. The van der Waals surface area contributed by atoms with Gasteiger partial charge in [-0.05, 0) is 12.8 Å². The average molecular weight is 241 g/mol. The maximum absolute atomic E-state index is 11.0. The van der Waals surface area contributed by atoms with Crippen molar-refractivity contribution < 1.29 is 20.1 Å². The summed E-state index contributed by atoms with van der Waals surface area (Å²) in [6.07, 6.45) is 1.40. The zero-order valence-electron chi connectivity index (χ0n) is 9.70. The molecule has 0 bridgehead atoms. The lowest BCUT2D eigenvalue weighted by atomic mass is 9.98. The fraction of sp³-hybridized carbons (Fsp3) is 0.545. The molecule has 0 spiro atoms. The summed E-state index contributed by atoms with van der Waals surface area (Å²) in [5, 5.41) is 28.5. The van der Waals surface area contributed by atoms with Crippen LogP contribution in [0.5, 0.6) is 11.8 Å². The number of quaternary nitrogens is 1. The van der Waals surface area contributed by atoms with E-state index in [1.807, 2.05) is 7.05 Å². The molecule has 2 unspecified atom stereocenters. The van der Waals surface area contributed by atoms with Gasteiger partial charge < -0.3 is 15.3 Å². The van der Waals surface area contributed by atoms with E-state index in [4.69, 9.17) is 5.11 Å². The third kappa shape index (κ3) is 1.95. The summed E-state index contributed by atoms with van der Waals surface area (Å²) in [4.78, 5) is 11.0. The van der Waals surface area contributed by atoms with Gasteiger partial charge >= 0.3 is 5.97 Å². The Kier molecular flexibility index (Phi) is 2.74. The first-order valence-corrected chi connectivity index (χ1v) is 5.62. The van der Waals surface area contributed by atoms with Crippen molar-refractivity contribution >= 4 is 5.97 Å². The maximum atomic E-state index is 11.0. The lowest BCUT2D eigenvalue weighted by Crippen LogP contribution is -2.60. The van der Waals surface area contributed by atoms with Crippen molar-refractivity contribution in [1.29, 1.82) is 0 Å². The molecule has 2 rings (SSSR count). The Balaban J connectivity index is 2.33. The number of rotatable bonds is 2. The molecule has 1 aliphatic rings. The highest BCUT2D eigenvalue weighted by atomic mass is 16.4. The molecule has 6 heteroatoms. The predicted octanol–water partition coefficient (Wildman–Crippen LogP) is 0.463. The highest BCUT2D eigenvalue weighted by molar-refractivity contribution is 5.70. The van der Waals surface area contributed by atoms with Crippen LogP contribution in [0.2, 0.25) is 0 Å². The zero-order chi connectivity index (χ0) is 12.6. The molecule has 3 N–H and O–H groups in total. The highest BCUT2D eigenvalue weighted by Gasteiger charge is 2.39. The molecule has 0 aromatic carbocycles. The van der Waals surface area contributed by atoms with Crippen LogP contribution in [0, 0.1) is 5.92 Å². The molecule has 1 aromatic heterocycles. The lowest BCUT2D eigenvalue weighted by molar-refractivity contribution is -0.144. The molecule has 0 amide bonds. The summed E-state index contributed by atoms with van der Waals surface area (Å²) in [5.41, 5.74) is 0. The first-order chi connectivity index (χ1) is 7.94. The standard InChI is InChI=1S/C11H16N2O4/c1-13(12-9(14)4-5-10(12)15)6-2-3-8(7-13)11(16)17/h4-5,8H,2-3,6-7H2,1H3,(H2-,14,15,16,17)/p+1. The summed E-state index contributed by atoms with van der Waals surface area (Å²) in [5.74, 6) is -1.35. The van der Waals surface area contributed by atoms with Crippen LogP contribution < -0.4 is 4.59 Å². The molecule has 1 aliphatic heterocycles. The molecular weight excluding hydrogens is 224 g/mol. The monoisotopic (exact) mass is 241 g/mol. The van der Waals surface area contributed by atoms with E-state index >= 15 is 0 Å². The number of carbonyl (C=O) groups is 1. The lowest BCUT2D eigenvalue weighted by Gasteiger charge is -2.39. The van der Waals surface area contributed by atoms with Gasteiger partial charge in [-0.3, -0.25) is 4.79 Å². The first kappa shape index (κ1) is 11.8. The summed E-state index contributed by atoms with van der Waals surface area (Å²) < 4.78 is 1.57. The molecule has 1 fully saturated rings. The second kappa shape index (κ2) is 3.96. The van der Waals surface area contributed by atoms with Crippen molar-refractivity contribution in [3.8, 4) is 11.8 Å². The van der Waals surface area contributed by atoms with E-state index in [2.05, 4.69) is 0 Å². The van der Waals surface area contributed by atoms with Gasteiger partial charge in [-0.1, -0.05) is 0 Å². The van der Waals surface area contributed by atoms with Crippen LogP contribution in [0.4, 0.5) is 0 Å². The quantitative estimate of drug-likeness (QED) is 0.657. The molecule has 17 heavy (non-hydrogen) atoms. The third-order valence-electron chi connectivity index (χ3n) is 3.45. The topological polar surface area (TPSA) is 82.7 Å². The second-order valence-corrected chi connectivity index (χ2v) is 4.78. The van der Waals surface area contributed by atoms with Crippen LogP contribution in [-0.2, 0) is 4.79 Å². The van der Waals surface area contributed by atoms with E-state index in [0.717, 1.165) is 6.42 Å². The van der Waals surface area contributed by atoms with Crippen LogP contribution in [0.3, 0.4) is 0 Å². The van der Waals surface area contributed by atoms with Gasteiger partial charge in [-0.2, -0.15) is 0 Å². The van der Waals surface area contributed by atoms with E-state index in [0.29, 0.717) is 19.5 Å². The first-order valence-electron chi connectivity index (χ1n) is 5.62. The molecule has 1 aromatic rings. The van der Waals surface area contributed by atoms with E-state index < -0.39 is 11.9 Å². The number of aliphatic carboxylic acids is 1. The molecule has 94 valence electrons. The van der Waals surface area contributed by atoms with Gasteiger partial charge in [0, 0.05) is 12.1 Å².